The number of aryl methyl sites for hydroxylation is 2. The third kappa shape index (κ3) is 2.37. The maximum absolute atomic E-state index is 12.7. The van der Waals surface area contributed by atoms with Crippen molar-refractivity contribution in [3.05, 3.63) is 27.1 Å². The molecule has 5 nitrogen and oxygen atoms in total. The normalized spacial score (nSPS) is 15.1. The van der Waals surface area contributed by atoms with Gasteiger partial charge in [-0.1, -0.05) is 0 Å². The minimum atomic E-state index is -0.991. The average molecular weight is 306 g/mol. The van der Waals surface area contributed by atoms with Gasteiger partial charge in [0.1, 0.15) is 4.83 Å². The van der Waals surface area contributed by atoms with Crippen molar-refractivity contribution in [2.24, 2.45) is 5.41 Å². The molecule has 2 aromatic rings. The maximum Gasteiger partial charge on any atom is 0.310 e. The first-order valence-electron chi connectivity index (χ1n) is 7.13. The third-order valence-corrected chi connectivity index (χ3v) is 5.29. The van der Waals surface area contributed by atoms with Crippen molar-refractivity contribution in [1.82, 2.24) is 9.55 Å². The summed E-state index contributed by atoms with van der Waals surface area (Å²) in [4.78, 5) is 30.4. The summed E-state index contributed by atoms with van der Waals surface area (Å²) < 4.78 is 1.44. The number of thiophene rings is 1. The highest BCUT2D eigenvalue weighted by molar-refractivity contribution is 7.18. The molecule has 1 aliphatic carbocycles. The van der Waals surface area contributed by atoms with Gasteiger partial charge in [-0.2, -0.15) is 0 Å². The zero-order valence-corrected chi connectivity index (χ0v) is 13.0. The molecule has 0 saturated carbocycles. The van der Waals surface area contributed by atoms with Crippen LogP contribution in [0.2, 0.25) is 0 Å². The van der Waals surface area contributed by atoms with E-state index in [1.807, 2.05) is 0 Å². The summed E-state index contributed by atoms with van der Waals surface area (Å²) in [6, 6.07) is 0. The van der Waals surface area contributed by atoms with Crippen LogP contribution in [0.4, 0.5) is 0 Å². The van der Waals surface area contributed by atoms with Crippen molar-refractivity contribution >= 4 is 27.5 Å². The van der Waals surface area contributed by atoms with E-state index in [1.54, 1.807) is 25.2 Å². The van der Waals surface area contributed by atoms with Gasteiger partial charge in [0.05, 0.1) is 17.1 Å². The molecule has 0 fully saturated rings. The highest BCUT2D eigenvalue weighted by Crippen LogP contribution is 2.33. The summed E-state index contributed by atoms with van der Waals surface area (Å²) in [6.45, 7) is 3.37. The van der Waals surface area contributed by atoms with Crippen LogP contribution in [-0.4, -0.2) is 20.6 Å². The smallest absolute Gasteiger partial charge is 0.310 e. The zero-order chi connectivity index (χ0) is 15.2. The second-order valence-electron chi connectivity index (χ2n) is 6.26. The molecule has 2 aromatic heterocycles. The molecule has 0 spiro atoms. The van der Waals surface area contributed by atoms with Crippen LogP contribution in [-0.2, 0) is 24.2 Å². The number of aliphatic carboxylic acids is 1. The van der Waals surface area contributed by atoms with Crippen molar-refractivity contribution in [3.8, 4) is 0 Å². The number of aromatic nitrogens is 2. The SMILES string of the molecule is CC(C)(Cn1cnc2sc3c(c2c1=O)CCCC3)C(=O)O. The quantitative estimate of drug-likeness (QED) is 0.945. The molecule has 2 heterocycles. The Labute approximate surface area is 126 Å². The number of fused-ring (bicyclic) bond motifs is 3. The first kappa shape index (κ1) is 14.3. The summed E-state index contributed by atoms with van der Waals surface area (Å²) in [7, 11) is 0. The van der Waals surface area contributed by atoms with Gasteiger partial charge in [-0.3, -0.25) is 14.2 Å². The molecule has 0 unspecified atom stereocenters. The van der Waals surface area contributed by atoms with E-state index in [0.717, 1.165) is 29.7 Å². The molecule has 0 atom stereocenters. The first-order valence-corrected chi connectivity index (χ1v) is 7.95. The van der Waals surface area contributed by atoms with E-state index >= 15 is 0 Å². The lowest BCUT2D eigenvalue weighted by Gasteiger charge is -2.20. The van der Waals surface area contributed by atoms with Crippen molar-refractivity contribution in [2.75, 3.05) is 0 Å². The Hall–Kier alpha value is -1.69. The molecule has 3 rings (SSSR count). The van der Waals surface area contributed by atoms with E-state index in [2.05, 4.69) is 4.98 Å². The highest BCUT2D eigenvalue weighted by atomic mass is 32.1. The Balaban J connectivity index is 2.12. The predicted octanol–water partition coefficient (Wildman–Crippen LogP) is 2.45. The predicted molar refractivity (Wildman–Crippen MR) is 81.9 cm³/mol. The van der Waals surface area contributed by atoms with E-state index in [0.29, 0.717) is 5.39 Å². The van der Waals surface area contributed by atoms with Gasteiger partial charge >= 0.3 is 5.97 Å². The number of carboxylic acids is 1. The molecule has 112 valence electrons. The third-order valence-electron chi connectivity index (χ3n) is 4.09. The lowest BCUT2D eigenvalue weighted by Crippen LogP contribution is -2.34. The van der Waals surface area contributed by atoms with E-state index in [4.69, 9.17) is 0 Å². The summed E-state index contributed by atoms with van der Waals surface area (Å²) in [5.74, 6) is -0.915. The van der Waals surface area contributed by atoms with Crippen LogP contribution in [0.5, 0.6) is 0 Å². The molecule has 0 aromatic carbocycles. The molecule has 0 bridgehead atoms. The number of carbonyl (C=O) groups is 1. The van der Waals surface area contributed by atoms with E-state index < -0.39 is 11.4 Å². The minimum absolute atomic E-state index is 0.103. The molecule has 1 N–H and O–H groups in total. The standard InChI is InChI=1S/C15H18N2O3S/c1-15(2,14(19)20)7-17-8-16-12-11(13(17)18)9-5-3-4-6-10(9)21-12/h8H,3-7H2,1-2H3,(H,19,20). The van der Waals surface area contributed by atoms with Gasteiger partial charge in [-0.25, -0.2) is 4.98 Å². The van der Waals surface area contributed by atoms with Crippen LogP contribution in [0, 0.1) is 5.41 Å². The van der Waals surface area contributed by atoms with Gasteiger partial charge in [-0.15, -0.1) is 11.3 Å². The Morgan fingerprint density at radius 2 is 2.14 bits per heavy atom. The minimum Gasteiger partial charge on any atom is -0.481 e. The van der Waals surface area contributed by atoms with E-state index in [9.17, 15) is 14.7 Å². The molecular weight excluding hydrogens is 288 g/mol. The Morgan fingerprint density at radius 3 is 2.86 bits per heavy atom. The zero-order valence-electron chi connectivity index (χ0n) is 12.2. The summed E-state index contributed by atoms with van der Waals surface area (Å²) in [5.41, 5.74) is 0.0462. The molecule has 21 heavy (non-hydrogen) atoms. The fourth-order valence-electron chi connectivity index (χ4n) is 2.79. The number of hydrogen-bond donors (Lipinski definition) is 1. The van der Waals surface area contributed by atoms with E-state index in [-0.39, 0.29) is 12.1 Å². The maximum atomic E-state index is 12.7. The highest BCUT2D eigenvalue weighted by Gasteiger charge is 2.29. The van der Waals surface area contributed by atoms with E-state index in [1.165, 1.54) is 22.2 Å². The van der Waals surface area contributed by atoms with Crippen LogP contribution in [0.1, 0.15) is 37.1 Å². The second kappa shape index (κ2) is 4.94. The monoisotopic (exact) mass is 306 g/mol. The van der Waals surface area contributed by atoms with Gasteiger partial charge in [-0.05, 0) is 45.1 Å². The number of carboxylic acid groups (broad SMARTS) is 1. The van der Waals surface area contributed by atoms with Gasteiger partial charge < -0.3 is 5.11 Å². The summed E-state index contributed by atoms with van der Waals surface area (Å²) in [6.07, 6.45) is 5.71. The Kier molecular flexibility index (Phi) is 3.36. The van der Waals surface area contributed by atoms with Gasteiger partial charge in [0.25, 0.3) is 5.56 Å². The molecule has 0 radical (unpaired) electrons. The summed E-state index contributed by atoms with van der Waals surface area (Å²) in [5, 5.41) is 9.93. The van der Waals surface area contributed by atoms with Gasteiger partial charge in [0.2, 0.25) is 0 Å². The average Bonchev–Trinajstić information content (AvgIpc) is 2.80. The Morgan fingerprint density at radius 1 is 1.43 bits per heavy atom. The largest absolute Gasteiger partial charge is 0.481 e. The number of rotatable bonds is 3. The van der Waals surface area contributed by atoms with Crippen molar-refractivity contribution in [2.45, 2.75) is 46.1 Å². The lowest BCUT2D eigenvalue weighted by atomic mass is 9.93. The Bertz CT molecular complexity index is 773. The van der Waals surface area contributed by atoms with Crippen LogP contribution >= 0.6 is 11.3 Å². The van der Waals surface area contributed by atoms with Crippen molar-refractivity contribution < 1.29 is 9.90 Å². The van der Waals surface area contributed by atoms with Gasteiger partial charge in [0.15, 0.2) is 0 Å². The topological polar surface area (TPSA) is 72.2 Å². The van der Waals surface area contributed by atoms with Crippen molar-refractivity contribution in [1.29, 1.82) is 0 Å². The molecule has 0 saturated heterocycles. The first-order chi connectivity index (χ1) is 9.90. The molecule has 0 aliphatic heterocycles. The molecule has 6 heteroatoms. The fourth-order valence-corrected chi connectivity index (χ4v) is 4.01. The molecule has 1 aliphatic rings. The van der Waals surface area contributed by atoms with Crippen molar-refractivity contribution in [3.63, 3.8) is 0 Å². The van der Waals surface area contributed by atoms with Gasteiger partial charge in [0, 0.05) is 11.4 Å². The lowest BCUT2D eigenvalue weighted by molar-refractivity contribution is -0.147. The molecule has 0 amide bonds. The van der Waals surface area contributed by atoms with Crippen LogP contribution in [0.3, 0.4) is 0 Å². The van der Waals surface area contributed by atoms with Crippen LogP contribution < -0.4 is 5.56 Å². The number of nitrogens with zero attached hydrogens (tertiary/aromatic N) is 2. The molecular formula is C15H18N2O3S. The summed E-state index contributed by atoms with van der Waals surface area (Å²) >= 11 is 1.61. The number of hydrogen-bond acceptors (Lipinski definition) is 4. The van der Waals surface area contributed by atoms with Crippen LogP contribution in [0.25, 0.3) is 10.2 Å². The fraction of sp³-hybridized carbons (Fsp3) is 0.533. The second-order valence-corrected chi connectivity index (χ2v) is 7.34. The van der Waals surface area contributed by atoms with Crippen LogP contribution in [0.15, 0.2) is 11.1 Å².